The molecule has 3 N–H and O–H groups in total. The molecule has 1 rings (SSSR count). The predicted molar refractivity (Wildman–Crippen MR) is 34.1 cm³/mol. The van der Waals surface area contributed by atoms with Crippen LogP contribution < -0.4 is 5.32 Å². The number of piperidine rings is 1. The molecule has 0 aromatic rings. The molecule has 0 amide bonds. The molecule has 1 saturated heterocycles. The molecule has 3 heteroatoms. The van der Waals surface area contributed by atoms with E-state index in [4.69, 9.17) is 10.2 Å². The molecule has 0 saturated carbocycles. The van der Waals surface area contributed by atoms with Crippen molar-refractivity contribution in [3.8, 4) is 0 Å². The van der Waals surface area contributed by atoms with Crippen molar-refractivity contribution in [2.24, 2.45) is 0 Å². The van der Waals surface area contributed by atoms with Crippen LogP contribution in [0.5, 0.6) is 0 Å². The number of nitrogens with one attached hydrogen (secondary N) is 1. The summed E-state index contributed by atoms with van der Waals surface area (Å²) < 4.78 is 0. The van der Waals surface area contributed by atoms with Crippen LogP contribution in [-0.2, 0) is 0 Å². The van der Waals surface area contributed by atoms with Gasteiger partial charge < -0.3 is 15.5 Å². The van der Waals surface area contributed by atoms with Crippen molar-refractivity contribution in [3.05, 3.63) is 0 Å². The lowest BCUT2D eigenvalue weighted by Crippen LogP contribution is -2.50. The smallest absolute Gasteiger partial charge is 0.0949 e. The van der Waals surface area contributed by atoms with Gasteiger partial charge in [-0.25, -0.2) is 0 Å². The van der Waals surface area contributed by atoms with Crippen LogP contribution in [0.2, 0.25) is 0 Å². The molecule has 1 heterocycles. The van der Waals surface area contributed by atoms with E-state index in [0.29, 0.717) is 6.42 Å². The molecule has 0 radical (unpaired) electrons. The Bertz CT molecular complexity index is 87.1. The maximum atomic E-state index is 9.13. The Kier molecular flexibility index (Phi) is 2.05. The van der Waals surface area contributed by atoms with Crippen molar-refractivity contribution in [1.82, 2.24) is 5.32 Å². The van der Waals surface area contributed by atoms with Crippen LogP contribution in [0.25, 0.3) is 0 Å². The predicted octanol–water partition coefficient (Wildman–Crippen LogP) is -0.910. The number of hydrogen-bond acceptors (Lipinski definition) is 3. The van der Waals surface area contributed by atoms with Gasteiger partial charge in [-0.3, -0.25) is 0 Å². The van der Waals surface area contributed by atoms with Crippen molar-refractivity contribution >= 4 is 0 Å². The van der Waals surface area contributed by atoms with E-state index in [1.807, 2.05) is 6.92 Å². The standard InChI is InChI=1S/C6H13NO2/c1-4-6(9)5(8)2-3-7-4/h4-9H,2-3H2,1H3/t4?,5-,6-/m1/s1. The lowest BCUT2D eigenvalue weighted by Gasteiger charge is -2.30. The van der Waals surface area contributed by atoms with Crippen LogP contribution in [-0.4, -0.2) is 35.0 Å². The average Bonchev–Trinajstić information content (AvgIpc) is 1.83. The van der Waals surface area contributed by atoms with Crippen molar-refractivity contribution in [1.29, 1.82) is 0 Å². The molecule has 1 unspecified atom stereocenters. The van der Waals surface area contributed by atoms with Crippen molar-refractivity contribution in [2.45, 2.75) is 31.6 Å². The SMILES string of the molecule is CC1NCC[C@@H](O)[C@@H]1O. The third-order valence-corrected chi connectivity index (χ3v) is 1.81. The quantitative estimate of drug-likeness (QED) is 0.399. The van der Waals surface area contributed by atoms with Gasteiger partial charge in [0.2, 0.25) is 0 Å². The van der Waals surface area contributed by atoms with Crippen LogP contribution >= 0.6 is 0 Å². The fourth-order valence-electron chi connectivity index (χ4n) is 1.08. The zero-order valence-electron chi connectivity index (χ0n) is 5.54. The topological polar surface area (TPSA) is 52.5 Å². The summed E-state index contributed by atoms with van der Waals surface area (Å²) in [4.78, 5) is 0. The summed E-state index contributed by atoms with van der Waals surface area (Å²) in [6.45, 7) is 2.67. The lowest BCUT2D eigenvalue weighted by atomic mass is 10.0. The molecule has 0 aromatic heterocycles. The molecule has 3 atom stereocenters. The van der Waals surface area contributed by atoms with Crippen molar-refractivity contribution in [2.75, 3.05) is 6.54 Å². The lowest BCUT2D eigenvalue weighted by molar-refractivity contribution is -0.0220. The number of aliphatic hydroxyl groups excluding tert-OH is 2. The second-order valence-corrected chi connectivity index (χ2v) is 2.59. The van der Waals surface area contributed by atoms with Crippen molar-refractivity contribution in [3.63, 3.8) is 0 Å². The Labute approximate surface area is 54.7 Å². The minimum atomic E-state index is -0.584. The molecule has 1 fully saturated rings. The minimum absolute atomic E-state index is 0.0359. The Morgan fingerprint density at radius 2 is 2.11 bits per heavy atom. The maximum absolute atomic E-state index is 9.13. The molecule has 0 aromatic carbocycles. The summed E-state index contributed by atoms with van der Waals surface area (Å²) >= 11 is 0. The second kappa shape index (κ2) is 2.64. The van der Waals surface area contributed by atoms with Crippen LogP contribution in [0.15, 0.2) is 0 Å². The van der Waals surface area contributed by atoms with Crippen LogP contribution in [0.3, 0.4) is 0 Å². The Hall–Kier alpha value is -0.120. The fourth-order valence-corrected chi connectivity index (χ4v) is 1.08. The van der Waals surface area contributed by atoms with Gasteiger partial charge in [0.1, 0.15) is 0 Å². The molecule has 0 spiro atoms. The Balaban J connectivity index is 2.41. The summed E-state index contributed by atoms with van der Waals surface area (Å²) in [5.41, 5.74) is 0. The first-order chi connectivity index (χ1) is 4.22. The summed E-state index contributed by atoms with van der Waals surface area (Å²) in [6, 6.07) is 0.0359. The van der Waals surface area contributed by atoms with E-state index >= 15 is 0 Å². The summed E-state index contributed by atoms with van der Waals surface area (Å²) in [5.74, 6) is 0. The zero-order chi connectivity index (χ0) is 6.85. The molecule has 0 aliphatic carbocycles. The highest BCUT2D eigenvalue weighted by Crippen LogP contribution is 2.07. The largest absolute Gasteiger partial charge is 0.390 e. The van der Waals surface area contributed by atoms with Gasteiger partial charge in [0.25, 0.3) is 0 Å². The molecule has 9 heavy (non-hydrogen) atoms. The number of hydrogen-bond donors (Lipinski definition) is 3. The normalized spacial score (nSPS) is 45.0. The molecule has 54 valence electrons. The first kappa shape index (κ1) is 6.99. The molecule has 0 bridgehead atoms. The maximum Gasteiger partial charge on any atom is 0.0949 e. The van der Waals surface area contributed by atoms with E-state index < -0.39 is 12.2 Å². The first-order valence-electron chi connectivity index (χ1n) is 3.31. The summed E-state index contributed by atoms with van der Waals surface area (Å²) in [5, 5.41) is 21.2. The monoisotopic (exact) mass is 131 g/mol. The van der Waals surface area contributed by atoms with Gasteiger partial charge in [0.15, 0.2) is 0 Å². The van der Waals surface area contributed by atoms with Crippen LogP contribution in [0.4, 0.5) is 0 Å². The summed E-state index contributed by atoms with van der Waals surface area (Å²) in [6.07, 6.45) is -0.453. The number of rotatable bonds is 0. The molecule has 1 aliphatic rings. The minimum Gasteiger partial charge on any atom is -0.390 e. The van der Waals surface area contributed by atoms with Crippen LogP contribution in [0, 0.1) is 0 Å². The van der Waals surface area contributed by atoms with E-state index in [-0.39, 0.29) is 6.04 Å². The third-order valence-electron chi connectivity index (χ3n) is 1.81. The van der Waals surface area contributed by atoms with E-state index in [0.717, 1.165) is 6.54 Å². The van der Waals surface area contributed by atoms with Gasteiger partial charge in [0, 0.05) is 6.04 Å². The average molecular weight is 131 g/mol. The highest BCUT2D eigenvalue weighted by atomic mass is 16.3. The molecule has 1 aliphatic heterocycles. The van der Waals surface area contributed by atoms with Gasteiger partial charge in [-0.1, -0.05) is 0 Å². The molecular weight excluding hydrogens is 118 g/mol. The third kappa shape index (κ3) is 1.41. The Morgan fingerprint density at radius 1 is 1.44 bits per heavy atom. The van der Waals surface area contributed by atoms with E-state index in [1.54, 1.807) is 0 Å². The van der Waals surface area contributed by atoms with Gasteiger partial charge in [-0.15, -0.1) is 0 Å². The first-order valence-corrected chi connectivity index (χ1v) is 3.31. The molecule has 3 nitrogen and oxygen atoms in total. The number of aliphatic hydroxyl groups is 2. The Morgan fingerprint density at radius 3 is 2.56 bits per heavy atom. The van der Waals surface area contributed by atoms with Gasteiger partial charge >= 0.3 is 0 Å². The van der Waals surface area contributed by atoms with Crippen LogP contribution in [0.1, 0.15) is 13.3 Å². The van der Waals surface area contributed by atoms with Crippen molar-refractivity contribution < 1.29 is 10.2 Å². The van der Waals surface area contributed by atoms with Gasteiger partial charge in [0.05, 0.1) is 12.2 Å². The van der Waals surface area contributed by atoms with E-state index in [2.05, 4.69) is 5.32 Å². The highest BCUT2D eigenvalue weighted by Gasteiger charge is 2.26. The fraction of sp³-hybridized carbons (Fsp3) is 1.00. The van der Waals surface area contributed by atoms with E-state index in [1.165, 1.54) is 0 Å². The van der Waals surface area contributed by atoms with Gasteiger partial charge in [-0.05, 0) is 19.9 Å². The second-order valence-electron chi connectivity index (χ2n) is 2.59. The van der Waals surface area contributed by atoms with E-state index in [9.17, 15) is 0 Å². The zero-order valence-corrected chi connectivity index (χ0v) is 5.54. The summed E-state index contributed by atoms with van der Waals surface area (Å²) in [7, 11) is 0. The highest BCUT2D eigenvalue weighted by molar-refractivity contribution is 4.83. The molecular formula is C6H13NO2. The van der Waals surface area contributed by atoms with Gasteiger partial charge in [-0.2, -0.15) is 0 Å².